The Morgan fingerprint density at radius 3 is 2.62 bits per heavy atom. The van der Waals surface area contributed by atoms with Crippen molar-refractivity contribution in [2.24, 2.45) is 0 Å². The molecule has 2 heterocycles. The van der Waals surface area contributed by atoms with Crippen LogP contribution in [0, 0.1) is 0 Å². The predicted octanol–water partition coefficient (Wildman–Crippen LogP) is 1.28. The molecule has 0 amide bonds. The van der Waals surface area contributed by atoms with E-state index >= 15 is 0 Å². The van der Waals surface area contributed by atoms with Crippen LogP contribution in [0.15, 0.2) is 42.6 Å². The van der Waals surface area contributed by atoms with Gasteiger partial charge in [-0.15, -0.1) is 0 Å². The van der Waals surface area contributed by atoms with Gasteiger partial charge in [0, 0.05) is 18.2 Å². The number of benzene rings is 1. The number of nitrogens with zero attached hydrogens (tertiary/aromatic N) is 1. The number of fused-ring (bicyclic) bond motifs is 3. The molecule has 3 rings (SSSR count). The van der Waals surface area contributed by atoms with Crippen LogP contribution in [-0.4, -0.2) is 5.11 Å². The lowest BCUT2D eigenvalue weighted by Gasteiger charge is -2.08. The third-order valence-corrected chi connectivity index (χ3v) is 4.04. The Kier molecular flexibility index (Phi) is 4.92. The van der Waals surface area contributed by atoms with E-state index < -0.39 is 0 Å². The lowest BCUT2D eigenvalue weighted by atomic mass is 10.0. The van der Waals surface area contributed by atoms with E-state index in [4.69, 9.17) is 11.6 Å². The summed E-state index contributed by atoms with van der Waals surface area (Å²) in [5.41, 5.74) is 2.96. The van der Waals surface area contributed by atoms with Gasteiger partial charge in [0.25, 0.3) is 0 Å². The zero-order chi connectivity index (χ0) is 14.1. The summed E-state index contributed by atoms with van der Waals surface area (Å²) in [5, 5.41) is 12.0. The average Bonchev–Trinajstić information content (AvgIpc) is 2.47. The first kappa shape index (κ1) is 15.9. The van der Waals surface area contributed by atoms with Crippen LogP contribution in [0.3, 0.4) is 0 Å². The summed E-state index contributed by atoms with van der Waals surface area (Å²) in [6.45, 7) is 2.15. The summed E-state index contributed by atoms with van der Waals surface area (Å²) in [6, 6.07) is 11.8. The van der Waals surface area contributed by atoms with Crippen molar-refractivity contribution in [2.45, 2.75) is 26.2 Å². The van der Waals surface area contributed by atoms with E-state index in [2.05, 4.69) is 11.3 Å². The van der Waals surface area contributed by atoms with E-state index in [0.717, 1.165) is 41.2 Å². The molecule has 0 bridgehead atoms. The van der Waals surface area contributed by atoms with Crippen LogP contribution >= 0.6 is 11.6 Å². The van der Waals surface area contributed by atoms with Crippen molar-refractivity contribution in [2.75, 3.05) is 0 Å². The van der Waals surface area contributed by atoms with E-state index in [0.29, 0.717) is 10.8 Å². The molecule has 0 saturated heterocycles. The Hall–Kier alpha value is -1.51. The molecule has 0 radical (unpaired) electrons. The number of pyridine rings is 2. The van der Waals surface area contributed by atoms with Crippen molar-refractivity contribution >= 4 is 28.0 Å². The molecule has 4 heteroatoms. The van der Waals surface area contributed by atoms with E-state index in [9.17, 15) is 5.11 Å². The molecule has 0 aliphatic heterocycles. The van der Waals surface area contributed by atoms with E-state index in [1.165, 1.54) is 0 Å². The van der Waals surface area contributed by atoms with Gasteiger partial charge in [-0.1, -0.05) is 31.0 Å². The molecule has 0 aliphatic rings. The largest absolute Gasteiger partial charge is 1.00 e. The molecule has 0 unspecified atom stereocenters. The summed E-state index contributed by atoms with van der Waals surface area (Å²) in [7, 11) is 0. The van der Waals surface area contributed by atoms with Crippen molar-refractivity contribution in [3.05, 3.63) is 53.2 Å². The smallest absolute Gasteiger partial charge is 0.223 e. The van der Waals surface area contributed by atoms with Crippen molar-refractivity contribution < 1.29 is 21.9 Å². The number of hydrogen-bond acceptors (Lipinski definition) is 1. The molecular weight excluding hydrogens is 305 g/mol. The van der Waals surface area contributed by atoms with Crippen LogP contribution in [0.25, 0.3) is 16.4 Å². The summed E-state index contributed by atoms with van der Waals surface area (Å²) >= 11 is 6.30. The summed E-state index contributed by atoms with van der Waals surface area (Å²) in [6.07, 6.45) is 5.02. The lowest BCUT2D eigenvalue weighted by molar-refractivity contribution is -0.482. The third-order valence-electron chi connectivity index (χ3n) is 3.72. The third kappa shape index (κ3) is 2.66. The highest BCUT2D eigenvalue weighted by Crippen LogP contribution is 2.34. The van der Waals surface area contributed by atoms with Crippen LogP contribution in [0.1, 0.15) is 25.3 Å². The second-order valence-corrected chi connectivity index (χ2v) is 5.43. The molecule has 0 atom stereocenters. The molecule has 2 aromatic heterocycles. The molecule has 21 heavy (non-hydrogen) atoms. The van der Waals surface area contributed by atoms with Gasteiger partial charge in [0.05, 0.1) is 10.6 Å². The van der Waals surface area contributed by atoms with Crippen LogP contribution in [0.4, 0.5) is 0 Å². The number of aromatic nitrogens is 1. The molecule has 1 aromatic carbocycles. The summed E-state index contributed by atoms with van der Waals surface area (Å²) in [5.74, 6) is 0.324. The zero-order valence-corrected chi connectivity index (χ0v) is 13.3. The molecule has 0 spiro atoms. The van der Waals surface area contributed by atoms with Crippen LogP contribution < -0.4 is 16.8 Å². The average molecular weight is 322 g/mol. The SMILES string of the molecule is CCCCc1c(O)c2c(Cl)cccc2[n+]2ccccc12.[Cl-]. The van der Waals surface area contributed by atoms with Crippen LogP contribution in [-0.2, 0) is 6.42 Å². The Bertz CT molecular complexity index is 786. The van der Waals surface area contributed by atoms with Crippen LogP contribution in [0.5, 0.6) is 5.75 Å². The van der Waals surface area contributed by atoms with Gasteiger partial charge < -0.3 is 17.5 Å². The molecule has 110 valence electrons. The Labute approximate surface area is 135 Å². The number of aromatic hydroxyl groups is 1. The Morgan fingerprint density at radius 1 is 1.10 bits per heavy atom. The zero-order valence-electron chi connectivity index (χ0n) is 11.8. The second kappa shape index (κ2) is 6.50. The maximum Gasteiger partial charge on any atom is 0.223 e. The second-order valence-electron chi connectivity index (χ2n) is 5.02. The monoisotopic (exact) mass is 321 g/mol. The number of halogens is 2. The van der Waals surface area contributed by atoms with Crippen molar-refractivity contribution in [3.63, 3.8) is 0 Å². The van der Waals surface area contributed by atoms with Gasteiger partial charge in [-0.05, 0) is 25.0 Å². The normalized spacial score (nSPS) is 10.8. The summed E-state index contributed by atoms with van der Waals surface area (Å²) in [4.78, 5) is 0. The highest BCUT2D eigenvalue weighted by atomic mass is 35.5. The fourth-order valence-corrected chi connectivity index (χ4v) is 2.98. The molecule has 0 aliphatic carbocycles. The van der Waals surface area contributed by atoms with Gasteiger partial charge in [0.15, 0.2) is 6.20 Å². The lowest BCUT2D eigenvalue weighted by Crippen LogP contribution is -3.00. The molecule has 2 nitrogen and oxygen atoms in total. The van der Waals surface area contributed by atoms with Crippen molar-refractivity contribution in [1.29, 1.82) is 0 Å². The fourth-order valence-electron chi connectivity index (χ4n) is 2.72. The van der Waals surface area contributed by atoms with Gasteiger partial charge in [-0.3, -0.25) is 0 Å². The molecular formula is C17H17Cl2NO. The quantitative estimate of drug-likeness (QED) is 0.570. The van der Waals surface area contributed by atoms with Crippen molar-refractivity contribution in [3.8, 4) is 5.75 Å². The number of rotatable bonds is 3. The molecule has 0 fully saturated rings. The van der Waals surface area contributed by atoms with E-state index in [1.807, 2.05) is 42.6 Å². The Balaban J connectivity index is 0.00000161. The summed E-state index contributed by atoms with van der Waals surface area (Å²) < 4.78 is 2.10. The maximum atomic E-state index is 10.7. The fraction of sp³-hybridized carbons (Fsp3) is 0.235. The Morgan fingerprint density at radius 2 is 1.86 bits per heavy atom. The minimum absolute atomic E-state index is 0. The van der Waals surface area contributed by atoms with E-state index in [-0.39, 0.29) is 12.4 Å². The van der Waals surface area contributed by atoms with Crippen LogP contribution in [0.2, 0.25) is 5.02 Å². The maximum absolute atomic E-state index is 10.7. The minimum atomic E-state index is 0. The molecule has 0 saturated carbocycles. The first-order valence-electron chi connectivity index (χ1n) is 6.96. The highest BCUT2D eigenvalue weighted by Gasteiger charge is 2.21. The van der Waals surface area contributed by atoms with Gasteiger partial charge in [0.2, 0.25) is 11.0 Å². The number of hydrogen-bond donors (Lipinski definition) is 1. The first-order valence-corrected chi connectivity index (χ1v) is 7.34. The molecule has 1 N–H and O–H groups in total. The van der Waals surface area contributed by atoms with Gasteiger partial charge >= 0.3 is 0 Å². The highest BCUT2D eigenvalue weighted by molar-refractivity contribution is 6.35. The number of aryl methyl sites for hydroxylation is 1. The topological polar surface area (TPSA) is 24.3 Å². The van der Waals surface area contributed by atoms with Gasteiger partial charge in [0.1, 0.15) is 11.1 Å². The minimum Gasteiger partial charge on any atom is -1.00 e. The van der Waals surface area contributed by atoms with Gasteiger partial charge in [-0.25, -0.2) is 0 Å². The van der Waals surface area contributed by atoms with Crippen molar-refractivity contribution in [1.82, 2.24) is 0 Å². The first-order chi connectivity index (χ1) is 9.74. The number of unbranched alkanes of at least 4 members (excludes halogenated alkanes) is 1. The standard InChI is InChI=1S/C17H16ClNO.ClH/c1-2-3-7-12-14-9-4-5-11-19(14)15-10-6-8-13(18)16(15)17(12)20;/h4-6,8-11H,2-3,7H2,1H3;1H. The van der Waals surface area contributed by atoms with E-state index in [1.54, 1.807) is 0 Å². The predicted molar refractivity (Wildman–Crippen MR) is 82.4 cm³/mol. The molecule has 3 aromatic rings. The van der Waals surface area contributed by atoms with Gasteiger partial charge in [-0.2, -0.15) is 4.40 Å².